The van der Waals surface area contributed by atoms with Crippen molar-refractivity contribution in [2.45, 2.75) is 18.9 Å². The van der Waals surface area contributed by atoms with Crippen LogP contribution >= 0.6 is 36.4 Å². The van der Waals surface area contributed by atoms with Crippen molar-refractivity contribution in [2.75, 3.05) is 18.0 Å². The topological polar surface area (TPSA) is 55.0 Å². The van der Waals surface area contributed by atoms with Crippen LogP contribution in [-0.2, 0) is 0 Å². The Morgan fingerprint density at radius 3 is 2.31 bits per heavy atom. The van der Waals surface area contributed by atoms with Gasteiger partial charge < -0.3 is 10.6 Å². The zero-order valence-corrected chi connectivity index (χ0v) is 11.1. The zero-order valence-electron chi connectivity index (χ0n) is 8.67. The van der Waals surface area contributed by atoms with Gasteiger partial charge in [-0.15, -0.1) is 35.0 Å². The van der Waals surface area contributed by atoms with Gasteiger partial charge in [-0.2, -0.15) is 0 Å². The Hall–Kier alpha value is -0.290. The van der Waals surface area contributed by atoms with Crippen molar-refractivity contribution in [3.05, 3.63) is 17.3 Å². The first-order valence-electron chi connectivity index (χ1n) is 4.75. The predicted molar refractivity (Wildman–Crippen MR) is 71.0 cm³/mol. The van der Waals surface area contributed by atoms with Crippen molar-refractivity contribution in [2.24, 2.45) is 5.73 Å². The lowest BCUT2D eigenvalue weighted by Gasteiger charge is -2.30. The third kappa shape index (κ3) is 3.94. The molecule has 1 saturated heterocycles. The molecular formula is C9H15Cl3N4. The third-order valence-corrected chi connectivity index (χ3v) is 2.68. The van der Waals surface area contributed by atoms with Crippen LogP contribution in [0.3, 0.4) is 0 Å². The molecule has 92 valence electrons. The van der Waals surface area contributed by atoms with E-state index in [9.17, 15) is 0 Å². The SMILES string of the molecule is Cl.Cl.NC1CCN(c2ccc(Cl)nn2)CC1. The second-order valence-electron chi connectivity index (χ2n) is 3.54. The minimum absolute atomic E-state index is 0. The van der Waals surface area contributed by atoms with Gasteiger partial charge in [0.2, 0.25) is 0 Å². The van der Waals surface area contributed by atoms with Gasteiger partial charge in [0.15, 0.2) is 11.0 Å². The fourth-order valence-electron chi connectivity index (χ4n) is 1.61. The Bertz CT molecular complexity index is 298. The van der Waals surface area contributed by atoms with E-state index in [1.165, 1.54) is 0 Å². The summed E-state index contributed by atoms with van der Waals surface area (Å²) >= 11 is 5.66. The van der Waals surface area contributed by atoms with E-state index in [4.69, 9.17) is 17.3 Å². The van der Waals surface area contributed by atoms with E-state index < -0.39 is 0 Å². The van der Waals surface area contributed by atoms with Gasteiger partial charge in [-0.3, -0.25) is 0 Å². The first-order chi connectivity index (χ1) is 6.75. The molecule has 0 radical (unpaired) electrons. The molecule has 0 aliphatic carbocycles. The van der Waals surface area contributed by atoms with E-state index in [1.54, 1.807) is 6.07 Å². The Balaban J connectivity index is 0.00000112. The van der Waals surface area contributed by atoms with Crippen LogP contribution in [0.4, 0.5) is 5.82 Å². The fraction of sp³-hybridized carbons (Fsp3) is 0.556. The largest absolute Gasteiger partial charge is 0.355 e. The molecule has 0 aromatic carbocycles. The molecule has 0 atom stereocenters. The number of nitrogens with zero attached hydrogens (tertiary/aromatic N) is 3. The number of halogens is 3. The second kappa shape index (κ2) is 7.12. The summed E-state index contributed by atoms with van der Waals surface area (Å²) < 4.78 is 0. The highest BCUT2D eigenvalue weighted by molar-refractivity contribution is 6.29. The van der Waals surface area contributed by atoms with Crippen LogP contribution < -0.4 is 10.6 Å². The van der Waals surface area contributed by atoms with E-state index >= 15 is 0 Å². The Kier molecular flexibility index (Phi) is 6.99. The minimum Gasteiger partial charge on any atom is -0.355 e. The highest BCUT2D eigenvalue weighted by Gasteiger charge is 2.17. The average Bonchev–Trinajstić information content (AvgIpc) is 2.21. The number of hydrogen-bond donors (Lipinski definition) is 1. The van der Waals surface area contributed by atoms with E-state index in [1.807, 2.05) is 6.07 Å². The number of piperidine rings is 1. The summed E-state index contributed by atoms with van der Waals surface area (Å²) in [5.41, 5.74) is 5.82. The Labute approximate surface area is 112 Å². The molecule has 2 rings (SSSR count). The lowest BCUT2D eigenvalue weighted by molar-refractivity contribution is 0.497. The fourth-order valence-corrected chi connectivity index (χ4v) is 1.71. The molecule has 0 bridgehead atoms. The lowest BCUT2D eigenvalue weighted by atomic mass is 10.1. The molecule has 0 saturated carbocycles. The number of nitrogens with two attached hydrogens (primary N) is 1. The molecular weight excluding hydrogens is 270 g/mol. The number of anilines is 1. The van der Waals surface area contributed by atoms with Crippen LogP contribution in [0.15, 0.2) is 12.1 Å². The molecule has 2 heterocycles. The molecule has 1 aliphatic rings. The third-order valence-electron chi connectivity index (χ3n) is 2.48. The van der Waals surface area contributed by atoms with Crippen LogP contribution in [0.2, 0.25) is 5.15 Å². The smallest absolute Gasteiger partial charge is 0.151 e. The number of rotatable bonds is 1. The molecule has 2 N–H and O–H groups in total. The van der Waals surface area contributed by atoms with Crippen LogP contribution in [0.5, 0.6) is 0 Å². The molecule has 1 fully saturated rings. The molecule has 4 nitrogen and oxygen atoms in total. The predicted octanol–water partition coefficient (Wildman–Crippen LogP) is 1.90. The summed E-state index contributed by atoms with van der Waals surface area (Å²) in [6.07, 6.45) is 2.04. The van der Waals surface area contributed by atoms with Crippen LogP contribution in [-0.4, -0.2) is 29.3 Å². The maximum absolute atomic E-state index is 5.82. The van der Waals surface area contributed by atoms with Gasteiger partial charge in [0.1, 0.15) is 0 Å². The maximum atomic E-state index is 5.82. The minimum atomic E-state index is 0. The number of hydrogen-bond acceptors (Lipinski definition) is 4. The summed E-state index contributed by atoms with van der Waals surface area (Å²) in [4.78, 5) is 2.19. The van der Waals surface area contributed by atoms with E-state index in [0.29, 0.717) is 11.2 Å². The number of aromatic nitrogens is 2. The van der Waals surface area contributed by atoms with Crippen LogP contribution in [0.1, 0.15) is 12.8 Å². The second-order valence-corrected chi connectivity index (χ2v) is 3.93. The lowest BCUT2D eigenvalue weighted by Crippen LogP contribution is -2.40. The molecule has 1 aliphatic heterocycles. The maximum Gasteiger partial charge on any atom is 0.151 e. The quantitative estimate of drug-likeness (QED) is 0.856. The molecule has 1 aromatic heterocycles. The zero-order chi connectivity index (χ0) is 9.97. The van der Waals surface area contributed by atoms with Gasteiger partial charge in [0, 0.05) is 19.1 Å². The van der Waals surface area contributed by atoms with Crippen LogP contribution in [0.25, 0.3) is 0 Å². The van der Waals surface area contributed by atoms with Crippen molar-refractivity contribution in [3.63, 3.8) is 0 Å². The molecule has 16 heavy (non-hydrogen) atoms. The summed E-state index contributed by atoms with van der Waals surface area (Å²) in [6, 6.07) is 4.00. The molecule has 0 spiro atoms. The van der Waals surface area contributed by atoms with E-state index in [0.717, 1.165) is 31.7 Å². The highest BCUT2D eigenvalue weighted by atomic mass is 35.5. The summed E-state index contributed by atoms with van der Waals surface area (Å²) in [5.74, 6) is 0.890. The average molecular weight is 286 g/mol. The molecule has 7 heteroatoms. The van der Waals surface area contributed by atoms with Gasteiger partial charge in [-0.1, -0.05) is 11.6 Å². The Morgan fingerprint density at radius 2 is 1.81 bits per heavy atom. The first-order valence-corrected chi connectivity index (χ1v) is 5.13. The molecule has 1 aromatic rings. The Morgan fingerprint density at radius 1 is 1.19 bits per heavy atom. The van der Waals surface area contributed by atoms with Gasteiger partial charge in [-0.05, 0) is 25.0 Å². The highest BCUT2D eigenvalue weighted by Crippen LogP contribution is 2.16. The molecule has 0 amide bonds. The van der Waals surface area contributed by atoms with Crippen molar-refractivity contribution in [3.8, 4) is 0 Å². The van der Waals surface area contributed by atoms with Gasteiger partial charge >= 0.3 is 0 Å². The van der Waals surface area contributed by atoms with Crippen molar-refractivity contribution >= 4 is 42.2 Å². The van der Waals surface area contributed by atoms with Gasteiger partial charge in [-0.25, -0.2) is 0 Å². The standard InChI is InChI=1S/C9H13ClN4.2ClH/c10-8-1-2-9(13-12-8)14-5-3-7(11)4-6-14;;/h1-2,7H,3-6,11H2;2*1H. The van der Waals surface area contributed by atoms with Gasteiger partial charge in [0.05, 0.1) is 0 Å². The summed E-state index contributed by atoms with van der Waals surface area (Å²) in [7, 11) is 0. The van der Waals surface area contributed by atoms with Gasteiger partial charge in [0.25, 0.3) is 0 Å². The van der Waals surface area contributed by atoms with Crippen molar-refractivity contribution in [1.82, 2.24) is 10.2 Å². The van der Waals surface area contributed by atoms with Crippen LogP contribution in [0, 0.1) is 0 Å². The van der Waals surface area contributed by atoms with Crippen molar-refractivity contribution < 1.29 is 0 Å². The normalized spacial score (nSPS) is 16.2. The van der Waals surface area contributed by atoms with E-state index in [-0.39, 0.29) is 24.8 Å². The van der Waals surface area contributed by atoms with E-state index in [2.05, 4.69) is 15.1 Å². The first kappa shape index (κ1) is 15.7. The van der Waals surface area contributed by atoms with Crippen molar-refractivity contribution in [1.29, 1.82) is 0 Å². The summed E-state index contributed by atoms with van der Waals surface area (Å²) in [5, 5.41) is 8.28. The molecule has 0 unspecified atom stereocenters. The summed E-state index contributed by atoms with van der Waals surface area (Å²) in [6.45, 7) is 1.91. The monoisotopic (exact) mass is 284 g/mol.